The highest BCUT2D eigenvalue weighted by atomic mass is 16.7. The number of fused-ring (bicyclic) bond motifs is 1. The second-order valence-corrected chi connectivity index (χ2v) is 6.38. The normalized spacial score (nSPS) is 18.6. The predicted molar refractivity (Wildman–Crippen MR) is 89.3 cm³/mol. The number of rotatable bonds is 5. The first-order chi connectivity index (χ1) is 11.9. The summed E-state index contributed by atoms with van der Waals surface area (Å²) < 4.78 is 10.6. The fraction of sp³-hybridized carbons (Fsp3) is 0.471. The van der Waals surface area contributed by atoms with E-state index in [0.717, 1.165) is 0 Å². The van der Waals surface area contributed by atoms with E-state index in [1.165, 1.54) is 0 Å². The lowest BCUT2D eigenvalue weighted by atomic mass is 10.1. The third-order valence-corrected chi connectivity index (χ3v) is 4.04. The topological polar surface area (TPSA) is 97.0 Å². The number of hydrogen-bond donors (Lipinski definition) is 2. The van der Waals surface area contributed by atoms with Crippen molar-refractivity contribution in [1.29, 1.82) is 0 Å². The Morgan fingerprint density at radius 2 is 2.04 bits per heavy atom. The molecule has 0 spiro atoms. The molecule has 2 heterocycles. The molecule has 8 nitrogen and oxygen atoms in total. The van der Waals surface area contributed by atoms with Crippen molar-refractivity contribution in [1.82, 2.24) is 10.6 Å². The predicted octanol–water partition coefficient (Wildman–Crippen LogP) is 0.409. The van der Waals surface area contributed by atoms with E-state index < -0.39 is 5.92 Å². The van der Waals surface area contributed by atoms with E-state index in [-0.39, 0.29) is 50.1 Å². The largest absolute Gasteiger partial charge is 0.454 e. The van der Waals surface area contributed by atoms with Gasteiger partial charge in [0.2, 0.25) is 24.5 Å². The molecule has 2 N–H and O–H groups in total. The lowest BCUT2D eigenvalue weighted by molar-refractivity contribution is -0.129. The number of anilines is 1. The molecule has 0 aliphatic carbocycles. The van der Waals surface area contributed by atoms with Gasteiger partial charge in [0.1, 0.15) is 0 Å². The third-order valence-electron chi connectivity index (χ3n) is 4.04. The molecule has 1 saturated heterocycles. The van der Waals surface area contributed by atoms with Crippen molar-refractivity contribution in [2.45, 2.75) is 26.3 Å². The van der Waals surface area contributed by atoms with Crippen molar-refractivity contribution in [3.05, 3.63) is 18.2 Å². The maximum absolute atomic E-state index is 12.3. The van der Waals surface area contributed by atoms with Crippen molar-refractivity contribution < 1.29 is 23.9 Å². The number of amides is 3. The van der Waals surface area contributed by atoms with Crippen molar-refractivity contribution in [2.24, 2.45) is 5.92 Å². The zero-order valence-electron chi connectivity index (χ0n) is 14.2. The molecule has 0 radical (unpaired) electrons. The summed E-state index contributed by atoms with van der Waals surface area (Å²) in [6, 6.07) is 5.26. The van der Waals surface area contributed by atoms with Crippen LogP contribution in [-0.2, 0) is 14.4 Å². The molecule has 1 fully saturated rings. The zero-order chi connectivity index (χ0) is 18.0. The Balaban J connectivity index is 1.58. The van der Waals surface area contributed by atoms with Gasteiger partial charge in [-0.25, -0.2) is 0 Å². The van der Waals surface area contributed by atoms with Crippen LogP contribution >= 0.6 is 0 Å². The van der Waals surface area contributed by atoms with Crippen LogP contribution in [0.1, 0.15) is 20.3 Å². The zero-order valence-corrected chi connectivity index (χ0v) is 14.2. The standard InChI is InChI=1S/C17H21N3O5/c1-10(2)19-15(21)7-18-17(23)11-5-16(22)20(8-11)12-3-4-13-14(6-12)25-9-24-13/h3-4,6,10-11H,5,7-9H2,1-2H3,(H,18,23)(H,19,21). The van der Waals surface area contributed by atoms with Crippen molar-refractivity contribution in [3.63, 3.8) is 0 Å². The molecular weight excluding hydrogens is 326 g/mol. The van der Waals surface area contributed by atoms with Crippen LogP contribution in [0.2, 0.25) is 0 Å². The first-order valence-electron chi connectivity index (χ1n) is 8.21. The van der Waals surface area contributed by atoms with E-state index >= 15 is 0 Å². The number of nitrogens with zero attached hydrogens (tertiary/aromatic N) is 1. The lowest BCUT2D eigenvalue weighted by Gasteiger charge is -2.17. The minimum absolute atomic E-state index is 0.0129. The fourth-order valence-electron chi connectivity index (χ4n) is 2.87. The van der Waals surface area contributed by atoms with Gasteiger partial charge in [-0.15, -0.1) is 0 Å². The van der Waals surface area contributed by atoms with Crippen molar-refractivity contribution in [2.75, 3.05) is 24.8 Å². The number of benzene rings is 1. The fourth-order valence-corrected chi connectivity index (χ4v) is 2.87. The molecule has 2 aliphatic heterocycles. The van der Waals surface area contributed by atoms with Crippen LogP contribution in [-0.4, -0.2) is 43.6 Å². The average Bonchev–Trinajstić information content (AvgIpc) is 3.17. The Labute approximate surface area is 145 Å². The molecule has 3 amide bonds. The number of carbonyl (C=O) groups is 3. The second kappa shape index (κ2) is 7.00. The van der Waals surface area contributed by atoms with Gasteiger partial charge in [-0.05, 0) is 26.0 Å². The van der Waals surface area contributed by atoms with Crippen molar-refractivity contribution in [3.8, 4) is 11.5 Å². The van der Waals surface area contributed by atoms with Crippen molar-refractivity contribution >= 4 is 23.4 Å². The SMILES string of the molecule is CC(C)NC(=O)CNC(=O)C1CC(=O)N(c2ccc3c(c2)OCO3)C1. The van der Waals surface area contributed by atoms with Gasteiger partial charge in [0.05, 0.1) is 12.5 Å². The van der Waals surface area contributed by atoms with E-state index in [1.807, 2.05) is 13.8 Å². The van der Waals surface area contributed by atoms with E-state index in [4.69, 9.17) is 9.47 Å². The lowest BCUT2D eigenvalue weighted by Crippen LogP contribution is -2.42. The molecule has 1 aromatic rings. The monoisotopic (exact) mass is 347 g/mol. The molecule has 1 aromatic carbocycles. The molecule has 134 valence electrons. The highest BCUT2D eigenvalue weighted by molar-refractivity contribution is 6.01. The molecule has 1 atom stereocenters. The molecule has 8 heteroatoms. The van der Waals surface area contributed by atoms with Gasteiger partial charge in [0.25, 0.3) is 0 Å². The van der Waals surface area contributed by atoms with Crippen LogP contribution in [0, 0.1) is 5.92 Å². The minimum atomic E-state index is -0.482. The van der Waals surface area contributed by atoms with Gasteiger partial charge in [-0.2, -0.15) is 0 Å². The molecule has 0 aromatic heterocycles. The van der Waals surface area contributed by atoms with Gasteiger partial charge in [0.15, 0.2) is 11.5 Å². The van der Waals surface area contributed by atoms with Crippen LogP contribution < -0.4 is 25.0 Å². The summed E-state index contributed by atoms with van der Waals surface area (Å²) in [6.45, 7) is 4.04. The summed E-state index contributed by atoms with van der Waals surface area (Å²) in [5.41, 5.74) is 0.669. The summed E-state index contributed by atoms with van der Waals surface area (Å²) in [5, 5.41) is 5.29. The first-order valence-corrected chi connectivity index (χ1v) is 8.21. The van der Waals surface area contributed by atoms with Gasteiger partial charge < -0.3 is 25.0 Å². The number of carbonyl (C=O) groups excluding carboxylic acids is 3. The summed E-state index contributed by atoms with van der Waals surface area (Å²) in [4.78, 5) is 37.7. The van der Waals surface area contributed by atoms with Crippen LogP contribution in [0.25, 0.3) is 0 Å². The Bertz CT molecular complexity index is 704. The molecule has 1 unspecified atom stereocenters. The highest BCUT2D eigenvalue weighted by Crippen LogP contribution is 2.37. The maximum Gasteiger partial charge on any atom is 0.239 e. The molecule has 2 aliphatic rings. The van der Waals surface area contributed by atoms with E-state index in [9.17, 15) is 14.4 Å². The van der Waals surface area contributed by atoms with Crippen LogP contribution in [0.4, 0.5) is 5.69 Å². The summed E-state index contributed by atoms with van der Waals surface area (Å²) in [6.07, 6.45) is 0.117. The summed E-state index contributed by atoms with van der Waals surface area (Å²) in [5.74, 6) is 0.0654. The summed E-state index contributed by atoms with van der Waals surface area (Å²) in [7, 11) is 0. The van der Waals surface area contributed by atoms with Crippen LogP contribution in [0.3, 0.4) is 0 Å². The second-order valence-electron chi connectivity index (χ2n) is 6.38. The minimum Gasteiger partial charge on any atom is -0.454 e. The van der Waals surface area contributed by atoms with E-state index in [2.05, 4.69) is 10.6 Å². The maximum atomic E-state index is 12.3. The smallest absolute Gasteiger partial charge is 0.239 e. The quantitative estimate of drug-likeness (QED) is 0.804. The first kappa shape index (κ1) is 17.1. The Morgan fingerprint density at radius 1 is 1.28 bits per heavy atom. The van der Waals surface area contributed by atoms with Gasteiger partial charge >= 0.3 is 0 Å². The summed E-state index contributed by atoms with van der Waals surface area (Å²) >= 11 is 0. The molecule has 3 rings (SSSR count). The Kier molecular flexibility index (Phi) is 4.78. The molecule has 0 bridgehead atoms. The van der Waals surface area contributed by atoms with Gasteiger partial charge in [0, 0.05) is 30.8 Å². The van der Waals surface area contributed by atoms with E-state index in [0.29, 0.717) is 17.2 Å². The number of nitrogens with one attached hydrogen (secondary N) is 2. The van der Waals surface area contributed by atoms with Gasteiger partial charge in [-0.3, -0.25) is 14.4 Å². The third kappa shape index (κ3) is 3.84. The number of hydrogen-bond acceptors (Lipinski definition) is 5. The Hall–Kier alpha value is -2.77. The molecular formula is C17H21N3O5. The molecule has 0 saturated carbocycles. The molecule has 25 heavy (non-hydrogen) atoms. The van der Waals surface area contributed by atoms with E-state index in [1.54, 1.807) is 23.1 Å². The highest BCUT2D eigenvalue weighted by Gasteiger charge is 2.35. The average molecular weight is 347 g/mol. The number of ether oxygens (including phenoxy) is 2. The Morgan fingerprint density at radius 3 is 2.80 bits per heavy atom. The van der Waals surface area contributed by atoms with Crippen LogP contribution in [0.15, 0.2) is 18.2 Å². The van der Waals surface area contributed by atoms with Gasteiger partial charge in [-0.1, -0.05) is 0 Å². The van der Waals surface area contributed by atoms with Crippen LogP contribution in [0.5, 0.6) is 11.5 Å².